The van der Waals surface area contributed by atoms with Gasteiger partial charge >= 0.3 is 6.03 Å². The average Bonchev–Trinajstić information content (AvgIpc) is 2.85. The van der Waals surface area contributed by atoms with E-state index in [0.29, 0.717) is 19.1 Å². The number of amides is 2. The summed E-state index contributed by atoms with van der Waals surface area (Å²) in [5, 5.41) is 3.17. The van der Waals surface area contributed by atoms with Gasteiger partial charge in [-0.25, -0.2) is 13.6 Å². The molecule has 1 aliphatic heterocycles. The molecule has 1 aromatic rings. The summed E-state index contributed by atoms with van der Waals surface area (Å²) in [5.41, 5.74) is 0.763. The van der Waals surface area contributed by atoms with Crippen molar-refractivity contribution in [3.05, 3.63) is 35.4 Å². The minimum Gasteiger partial charge on any atom is -0.335 e. The van der Waals surface area contributed by atoms with Crippen LogP contribution in [0.3, 0.4) is 0 Å². The lowest BCUT2D eigenvalue weighted by Gasteiger charge is -2.27. The van der Waals surface area contributed by atoms with Crippen LogP contribution >= 0.6 is 0 Å². The molecule has 1 aromatic carbocycles. The van der Waals surface area contributed by atoms with Crippen LogP contribution in [0.1, 0.15) is 44.1 Å². The predicted molar refractivity (Wildman–Crippen MR) is 93.2 cm³/mol. The third-order valence-corrected chi connectivity index (χ3v) is 5.20. The summed E-state index contributed by atoms with van der Waals surface area (Å²) in [4.78, 5) is 16.6. The largest absolute Gasteiger partial charge is 0.335 e. The van der Waals surface area contributed by atoms with E-state index >= 15 is 0 Å². The second kappa shape index (κ2) is 8.61. The van der Waals surface area contributed by atoms with E-state index in [4.69, 9.17) is 0 Å². The molecule has 0 aromatic heterocycles. The highest BCUT2D eigenvalue weighted by Gasteiger charge is 2.22. The Morgan fingerprint density at radius 3 is 2.56 bits per heavy atom. The second-order valence-electron chi connectivity index (χ2n) is 7.15. The molecule has 0 radical (unpaired) electrons. The molecule has 1 saturated heterocycles. The zero-order chi connectivity index (χ0) is 17.6. The summed E-state index contributed by atoms with van der Waals surface area (Å²) < 4.78 is 26.4. The second-order valence-corrected chi connectivity index (χ2v) is 7.15. The van der Waals surface area contributed by atoms with Crippen molar-refractivity contribution >= 4 is 6.03 Å². The third-order valence-electron chi connectivity index (χ3n) is 5.20. The zero-order valence-electron chi connectivity index (χ0n) is 14.6. The van der Waals surface area contributed by atoms with Crippen LogP contribution in [0.4, 0.5) is 13.6 Å². The number of carbonyl (C=O) groups is 1. The third kappa shape index (κ3) is 5.14. The fourth-order valence-corrected chi connectivity index (χ4v) is 3.74. The maximum atomic E-state index is 13.3. The van der Waals surface area contributed by atoms with Crippen molar-refractivity contribution < 1.29 is 13.6 Å². The highest BCUT2D eigenvalue weighted by atomic mass is 19.2. The Morgan fingerprint density at radius 2 is 1.80 bits per heavy atom. The van der Waals surface area contributed by atoms with Crippen molar-refractivity contribution in [2.45, 2.75) is 51.1 Å². The van der Waals surface area contributed by atoms with E-state index in [1.165, 1.54) is 31.4 Å². The quantitative estimate of drug-likeness (QED) is 0.904. The van der Waals surface area contributed by atoms with E-state index in [2.05, 4.69) is 10.2 Å². The van der Waals surface area contributed by atoms with E-state index in [9.17, 15) is 13.6 Å². The topological polar surface area (TPSA) is 35.6 Å². The minimum atomic E-state index is -0.815. The van der Waals surface area contributed by atoms with Gasteiger partial charge in [0.25, 0.3) is 0 Å². The average molecular weight is 351 g/mol. The molecule has 1 saturated carbocycles. The van der Waals surface area contributed by atoms with Gasteiger partial charge in [-0.3, -0.25) is 4.90 Å². The molecule has 3 rings (SSSR count). The molecule has 138 valence electrons. The van der Waals surface area contributed by atoms with Gasteiger partial charge in [0.05, 0.1) is 0 Å². The summed E-state index contributed by atoms with van der Waals surface area (Å²) in [6.07, 6.45) is 6.74. The number of halogens is 2. The first-order valence-electron chi connectivity index (χ1n) is 9.33. The molecule has 1 N–H and O–H groups in total. The molecule has 1 heterocycles. The summed E-state index contributed by atoms with van der Waals surface area (Å²) >= 11 is 0. The van der Waals surface area contributed by atoms with Gasteiger partial charge in [0.2, 0.25) is 0 Å². The van der Waals surface area contributed by atoms with Crippen LogP contribution in [0.5, 0.6) is 0 Å². The number of nitrogens with zero attached hydrogens (tertiary/aromatic N) is 2. The summed E-state index contributed by atoms with van der Waals surface area (Å²) in [5.74, 6) is -1.62. The van der Waals surface area contributed by atoms with Gasteiger partial charge in [-0.2, -0.15) is 0 Å². The van der Waals surface area contributed by atoms with Gasteiger partial charge in [-0.05, 0) is 37.0 Å². The number of hydrogen-bond acceptors (Lipinski definition) is 2. The van der Waals surface area contributed by atoms with Crippen molar-refractivity contribution in [1.29, 1.82) is 0 Å². The maximum absolute atomic E-state index is 13.3. The van der Waals surface area contributed by atoms with Crippen LogP contribution in [0, 0.1) is 11.6 Å². The summed E-state index contributed by atoms with van der Waals surface area (Å²) in [7, 11) is 0. The molecule has 25 heavy (non-hydrogen) atoms. The lowest BCUT2D eigenvalue weighted by Crippen LogP contribution is -2.46. The molecular formula is C19H27F2N3O. The van der Waals surface area contributed by atoms with Gasteiger partial charge in [-0.15, -0.1) is 0 Å². The maximum Gasteiger partial charge on any atom is 0.317 e. The molecule has 4 nitrogen and oxygen atoms in total. The fourth-order valence-electron chi connectivity index (χ4n) is 3.74. The van der Waals surface area contributed by atoms with Gasteiger partial charge in [0.15, 0.2) is 11.6 Å². The minimum absolute atomic E-state index is 0.0431. The lowest BCUT2D eigenvalue weighted by atomic mass is 9.96. The lowest BCUT2D eigenvalue weighted by molar-refractivity contribution is 0.190. The number of nitrogens with one attached hydrogen (secondary N) is 1. The summed E-state index contributed by atoms with van der Waals surface area (Å²) in [6, 6.07) is 4.42. The number of carbonyl (C=O) groups excluding carboxylic acids is 1. The molecule has 2 amide bonds. The van der Waals surface area contributed by atoms with Crippen molar-refractivity contribution in [3.63, 3.8) is 0 Å². The van der Waals surface area contributed by atoms with E-state index < -0.39 is 11.6 Å². The number of rotatable bonds is 3. The molecule has 6 heteroatoms. The number of benzene rings is 1. The fraction of sp³-hybridized carbons (Fsp3) is 0.632. The van der Waals surface area contributed by atoms with Crippen molar-refractivity contribution in [1.82, 2.24) is 15.1 Å². The number of urea groups is 1. The molecule has 0 spiro atoms. The number of hydrogen-bond donors (Lipinski definition) is 1. The van der Waals surface area contributed by atoms with Crippen LogP contribution < -0.4 is 5.32 Å². The molecule has 2 fully saturated rings. The van der Waals surface area contributed by atoms with Crippen LogP contribution in [0.15, 0.2) is 18.2 Å². The highest BCUT2D eigenvalue weighted by Crippen LogP contribution is 2.18. The molecule has 2 aliphatic rings. The first-order chi connectivity index (χ1) is 12.1. The van der Waals surface area contributed by atoms with Crippen LogP contribution in [-0.2, 0) is 6.54 Å². The zero-order valence-corrected chi connectivity index (χ0v) is 14.6. The Bertz CT molecular complexity index is 590. The Kier molecular flexibility index (Phi) is 6.24. The molecule has 0 unspecified atom stereocenters. The van der Waals surface area contributed by atoms with Crippen LogP contribution in [0.25, 0.3) is 0 Å². The molecular weight excluding hydrogens is 324 g/mol. The normalized spacial score (nSPS) is 20.3. The first kappa shape index (κ1) is 18.1. The van der Waals surface area contributed by atoms with Gasteiger partial charge < -0.3 is 10.2 Å². The molecule has 1 aliphatic carbocycles. The Labute approximate surface area is 148 Å². The Morgan fingerprint density at radius 1 is 1.00 bits per heavy atom. The Hall–Kier alpha value is -1.69. The van der Waals surface area contributed by atoms with Crippen molar-refractivity contribution in [3.8, 4) is 0 Å². The summed E-state index contributed by atoms with van der Waals surface area (Å²) in [6.45, 7) is 3.59. The SMILES string of the molecule is O=C(NC1CCCCC1)N1CCCN(Cc2ccc(F)c(F)c2)CC1. The molecule has 0 atom stereocenters. The predicted octanol–water partition coefficient (Wildman–Crippen LogP) is 3.51. The van der Waals surface area contributed by atoms with E-state index in [0.717, 1.165) is 44.5 Å². The van der Waals surface area contributed by atoms with Crippen LogP contribution in [0.2, 0.25) is 0 Å². The van der Waals surface area contributed by atoms with Crippen molar-refractivity contribution in [2.24, 2.45) is 0 Å². The van der Waals surface area contributed by atoms with E-state index in [1.54, 1.807) is 6.07 Å². The van der Waals surface area contributed by atoms with Gasteiger partial charge in [0.1, 0.15) is 0 Å². The molecule has 0 bridgehead atoms. The standard InChI is InChI=1S/C19H27F2N3O/c20-17-8-7-15(13-18(17)21)14-23-9-4-10-24(12-11-23)19(25)22-16-5-2-1-3-6-16/h7-8,13,16H,1-6,9-12,14H2,(H,22,25). The van der Waals surface area contributed by atoms with Gasteiger partial charge in [0, 0.05) is 38.8 Å². The van der Waals surface area contributed by atoms with E-state index in [1.807, 2.05) is 4.90 Å². The Balaban J connectivity index is 1.49. The monoisotopic (exact) mass is 351 g/mol. The van der Waals surface area contributed by atoms with Crippen LogP contribution in [-0.4, -0.2) is 48.1 Å². The smallest absolute Gasteiger partial charge is 0.317 e. The first-order valence-corrected chi connectivity index (χ1v) is 9.33. The van der Waals surface area contributed by atoms with Crippen molar-refractivity contribution in [2.75, 3.05) is 26.2 Å². The van der Waals surface area contributed by atoms with Gasteiger partial charge in [-0.1, -0.05) is 25.3 Å². The van der Waals surface area contributed by atoms with E-state index in [-0.39, 0.29) is 6.03 Å². The highest BCUT2D eigenvalue weighted by molar-refractivity contribution is 5.74.